The van der Waals surface area contributed by atoms with E-state index in [9.17, 15) is 5.11 Å². The van der Waals surface area contributed by atoms with Crippen molar-refractivity contribution < 1.29 is 5.11 Å². The highest BCUT2D eigenvalue weighted by molar-refractivity contribution is 5.02. The summed E-state index contributed by atoms with van der Waals surface area (Å²) in [4.78, 5) is 0. The van der Waals surface area contributed by atoms with Gasteiger partial charge in [-0.2, -0.15) is 0 Å². The van der Waals surface area contributed by atoms with Gasteiger partial charge in [0.2, 0.25) is 0 Å². The normalized spacial score (nSPS) is 50.7. The third-order valence-corrected chi connectivity index (χ3v) is 3.03. The molecule has 0 radical (unpaired) electrons. The molecule has 3 atom stereocenters. The largest absolute Gasteiger partial charge is 0.393 e. The van der Waals surface area contributed by atoms with E-state index in [0.717, 1.165) is 11.8 Å². The van der Waals surface area contributed by atoms with Crippen molar-refractivity contribution in [1.29, 1.82) is 0 Å². The Morgan fingerprint density at radius 1 is 1.33 bits per heavy atom. The van der Waals surface area contributed by atoms with Crippen molar-refractivity contribution in [2.45, 2.75) is 32.3 Å². The Hall–Kier alpha value is -0.0400. The molecule has 0 aromatic carbocycles. The molecule has 0 saturated heterocycles. The Kier molecular flexibility index (Phi) is 1.10. The molecule has 0 heterocycles. The number of hydrogen-bond donors (Lipinski definition) is 1. The van der Waals surface area contributed by atoms with Crippen LogP contribution in [0.5, 0.6) is 0 Å². The molecule has 2 saturated carbocycles. The molecule has 0 bridgehead atoms. The Morgan fingerprint density at radius 2 is 1.89 bits per heavy atom. The van der Waals surface area contributed by atoms with Gasteiger partial charge in [0.15, 0.2) is 0 Å². The van der Waals surface area contributed by atoms with Crippen LogP contribution in [0.3, 0.4) is 0 Å². The van der Waals surface area contributed by atoms with Crippen LogP contribution in [0.1, 0.15) is 26.2 Å². The molecule has 0 aromatic heterocycles. The topological polar surface area (TPSA) is 20.2 Å². The van der Waals surface area contributed by atoms with Gasteiger partial charge in [0, 0.05) is 0 Å². The van der Waals surface area contributed by atoms with Gasteiger partial charge in [0.1, 0.15) is 0 Å². The molecule has 0 amide bonds. The standard InChI is InChI=1S/C8H14O/c1-5(9)8-6-3-2-4-7(6)8/h5-9H,2-4H2,1H3/t5-,6+,7+/m0/s1. The summed E-state index contributed by atoms with van der Waals surface area (Å²) in [6, 6.07) is 0. The number of fused-ring (bicyclic) bond motifs is 1. The Bertz CT molecular complexity index is 110. The maximum Gasteiger partial charge on any atom is 0.0545 e. The lowest BCUT2D eigenvalue weighted by Gasteiger charge is -2.04. The molecule has 52 valence electrons. The van der Waals surface area contributed by atoms with Crippen molar-refractivity contribution in [2.75, 3.05) is 0 Å². The van der Waals surface area contributed by atoms with Gasteiger partial charge in [-0.15, -0.1) is 0 Å². The summed E-state index contributed by atoms with van der Waals surface area (Å²) in [7, 11) is 0. The second-order valence-electron chi connectivity index (χ2n) is 3.58. The molecule has 2 rings (SSSR count). The molecule has 2 aliphatic rings. The van der Waals surface area contributed by atoms with Gasteiger partial charge in [-0.3, -0.25) is 0 Å². The quantitative estimate of drug-likeness (QED) is 0.563. The molecule has 2 aliphatic carbocycles. The zero-order valence-corrected chi connectivity index (χ0v) is 5.88. The summed E-state index contributed by atoms with van der Waals surface area (Å²) < 4.78 is 0. The van der Waals surface area contributed by atoms with Gasteiger partial charge in [-0.05, 0) is 37.5 Å². The van der Waals surface area contributed by atoms with Crippen LogP contribution in [0.2, 0.25) is 0 Å². The fourth-order valence-corrected chi connectivity index (χ4v) is 2.59. The average molecular weight is 126 g/mol. The van der Waals surface area contributed by atoms with E-state index in [-0.39, 0.29) is 6.10 Å². The summed E-state index contributed by atoms with van der Waals surface area (Å²) in [5.41, 5.74) is 0. The summed E-state index contributed by atoms with van der Waals surface area (Å²) in [6.45, 7) is 1.93. The fraction of sp³-hybridized carbons (Fsp3) is 1.00. The first-order valence-corrected chi connectivity index (χ1v) is 3.99. The van der Waals surface area contributed by atoms with E-state index in [2.05, 4.69) is 0 Å². The fourth-order valence-electron chi connectivity index (χ4n) is 2.59. The Labute approximate surface area is 56.1 Å². The first kappa shape index (κ1) is 5.72. The van der Waals surface area contributed by atoms with Crippen LogP contribution in [0.25, 0.3) is 0 Å². The van der Waals surface area contributed by atoms with Gasteiger partial charge < -0.3 is 5.11 Å². The van der Waals surface area contributed by atoms with Crippen molar-refractivity contribution in [2.24, 2.45) is 17.8 Å². The van der Waals surface area contributed by atoms with E-state index in [1.165, 1.54) is 19.3 Å². The molecular formula is C8H14O. The lowest BCUT2D eigenvalue weighted by molar-refractivity contribution is 0.154. The summed E-state index contributed by atoms with van der Waals surface area (Å²) in [5.74, 6) is 2.54. The molecule has 0 aromatic rings. The minimum Gasteiger partial charge on any atom is -0.393 e. The van der Waals surface area contributed by atoms with Crippen molar-refractivity contribution in [3.63, 3.8) is 0 Å². The molecule has 0 aliphatic heterocycles. The highest BCUT2D eigenvalue weighted by Gasteiger charge is 2.54. The third kappa shape index (κ3) is 0.710. The molecule has 1 N–H and O–H groups in total. The third-order valence-electron chi connectivity index (χ3n) is 3.03. The van der Waals surface area contributed by atoms with E-state index >= 15 is 0 Å². The predicted octanol–water partition coefficient (Wildman–Crippen LogP) is 1.41. The molecule has 1 heteroatoms. The summed E-state index contributed by atoms with van der Waals surface area (Å²) in [6.07, 6.45) is 4.17. The average Bonchev–Trinajstić information content (AvgIpc) is 2.30. The zero-order valence-electron chi connectivity index (χ0n) is 5.88. The molecule has 2 fully saturated rings. The monoisotopic (exact) mass is 126 g/mol. The van der Waals surface area contributed by atoms with Gasteiger partial charge in [0.25, 0.3) is 0 Å². The highest BCUT2D eigenvalue weighted by Crippen LogP contribution is 2.58. The van der Waals surface area contributed by atoms with Gasteiger partial charge in [-0.25, -0.2) is 0 Å². The minimum atomic E-state index is -0.0275. The second-order valence-corrected chi connectivity index (χ2v) is 3.58. The van der Waals surface area contributed by atoms with E-state index in [1.807, 2.05) is 6.92 Å². The number of aliphatic hydroxyl groups is 1. The maximum absolute atomic E-state index is 9.20. The smallest absolute Gasteiger partial charge is 0.0545 e. The van der Waals surface area contributed by atoms with Gasteiger partial charge >= 0.3 is 0 Å². The van der Waals surface area contributed by atoms with Crippen LogP contribution in [-0.4, -0.2) is 11.2 Å². The number of aliphatic hydroxyl groups excluding tert-OH is 1. The van der Waals surface area contributed by atoms with Crippen LogP contribution in [0, 0.1) is 17.8 Å². The lowest BCUT2D eigenvalue weighted by Crippen LogP contribution is -2.06. The number of rotatable bonds is 1. The highest BCUT2D eigenvalue weighted by atomic mass is 16.3. The summed E-state index contributed by atoms with van der Waals surface area (Å²) >= 11 is 0. The number of hydrogen-bond acceptors (Lipinski definition) is 1. The van der Waals surface area contributed by atoms with Crippen LogP contribution < -0.4 is 0 Å². The van der Waals surface area contributed by atoms with E-state index < -0.39 is 0 Å². The Balaban J connectivity index is 1.94. The Morgan fingerprint density at radius 3 is 2.22 bits per heavy atom. The van der Waals surface area contributed by atoms with Crippen LogP contribution in [0.4, 0.5) is 0 Å². The summed E-state index contributed by atoms with van der Waals surface area (Å²) in [5, 5.41) is 9.20. The molecular weight excluding hydrogens is 112 g/mol. The van der Waals surface area contributed by atoms with E-state index in [4.69, 9.17) is 0 Å². The van der Waals surface area contributed by atoms with Crippen LogP contribution in [0.15, 0.2) is 0 Å². The van der Waals surface area contributed by atoms with Crippen molar-refractivity contribution in [3.8, 4) is 0 Å². The molecule has 9 heavy (non-hydrogen) atoms. The predicted molar refractivity (Wildman–Crippen MR) is 36.0 cm³/mol. The van der Waals surface area contributed by atoms with Crippen molar-refractivity contribution >= 4 is 0 Å². The first-order valence-electron chi connectivity index (χ1n) is 3.99. The van der Waals surface area contributed by atoms with Crippen molar-refractivity contribution in [1.82, 2.24) is 0 Å². The minimum absolute atomic E-state index is 0.0275. The lowest BCUT2D eigenvalue weighted by atomic mass is 10.1. The second kappa shape index (κ2) is 1.72. The first-order chi connectivity index (χ1) is 4.30. The van der Waals surface area contributed by atoms with Crippen LogP contribution >= 0.6 is 0 Å². The maximum atomic E-state index is 9.20. The van der Waals surface area contributed by atoms with Crippen LogP contribution in [-0.2, 0) is 0 Å². The van der Waals surface area contributed by atoms with Gasteiger partial charge in [0.05, 0.1) is 6.10 Å². The van der Waals surface area contributed by atoms with Crippen molar-refractivity contribution in [3.05, 3.63) is 0 Å². The zero-order chi connectivity index (χ0) is 6.43. The van der Waals surface area contributed by atoms with E-state index in [0.29, 0.717) is 5.92 Å². The molecule has 0 unspecified atom stereocenters. The molecule has 1 nitrogen and oxygen atoms in total. The van der Waals surface area contributed by atoms with E-state index in [1.54, 1.807) is 0 Å². The SMILES string of the molecule is C[C@H](O)C1[C@@H]2CCC[C@@H]12. The van der Waals surface area contributed by atoms with Gasteiger partial charge in [-0.1, -0.05) is 6.42 Å². The molecule has 0 spiro atoms.